The second-order valence-corrected chi connectivity index (χ2v) is 4.74. The van der Waals surface area contributed by atoms with Crippen LogP contribution in [0.15, 0.2) is 22.7 Å². The summed E-state index contributed by atoms with van der Waals surface area (Å²) in [5.74, 6) is 0. The number of hydrogen-bond acceptors (Lipinski definition) is 4. The van der Waals surface area contributed by atoms with Crippen molar-refractivity contribution >= 4 is 27.3 Å². The number of nitrogens with two attached hydrogens (primary N) is 1. The lowest BCUT2D eigenvalue weighted by molar-refractivity contribution is 0.00360. The van der Waals surface area contributed by atoms with Crippen LogP contribution in [0.1, 0.15) is 0 Å². The first-order valence-corrected chi connectivity index (χ1v) is 6.02. The molecule has 1 unspecified atom stereocenters. The van der Waals surface area contributed by atoms with Crippen molar-refractivity contribution < 1.29 is 9.84 Å². The fraction of sp³-hybridized carbons (Fsp3) is 0.455. The highest BCUT2D eigenvalue weighted by atomic mass is 79.9. The van der Waals surface area contributed by atoms with Crippen molar-refractivity contribution in [1.29, 1.82) is 0 Å². The van der Waals surface area contributed by atoms with Gasteiger partial charge in [-0.05, 0) is 18.2 Å². The second-order valence-electron chi connectivity index (χ2n) is 3.82. The molecule has 1 aliphatic heterocycles. The van der Waals surface area contributed by atoms with Gasteiger partial charge in [-0.15, -0.1) is 0 Å². The predicted octanol–water partition coefficient (Wildman–Crippen LogP) is 1.23. The Bertz CT molecular complexity index is 373. The minimum Gasteiger partial charge on any atom is -0.397 e. The van der Waals surface area contributed by atoms with Crippen LogP contribution in [0, 0.1) is 0 Å². The molecule has 1 aromatic carbocycles. The Kier molecular flexibility index (Phi) is 3.68. The van der Waals surface area contributed by atoms with Gasteiger partial charge in [0.05, 0.1) is 30.7 Å². The van der Waals surface area contributed by atoms with E-state index in [0.717, 1.165) is 22.4 Å². The molecule has 0 spiro atoms. The van der Waals surface area contributed by atoms with Crippen molar-refractivity contribution in [2.75, 3.05) is 36.9 Å². The largest absolute Gasteiger partial charge is 0.397 e. The van der Waals surface area contributed by atoms with E-state index in [1.807, 2.05) is 18.2 Å². The Balaban J connectivity index is 2.19. The lowest BCUT2D eigenvalue weighted by Crippen LogP contribution is -2.44. The predicted molar refractivity (Wildman–Crippen MR) is 67.6 cm³/mol. The third-order valence-electron chi connectivity index (χ3n) is 2.68. The number of rotatable bonds is 2. The standard InChI is InChI=1S/C11H15BrN2O2/c12-8-1-2-10(13)11(5-8)14-3-4-16-9(6-14)7-15/h1-2,5,9,15H,3-4,6-7,13H2. The molecule has 4 nitrogen and oxygen atoms in total. The zero-order valence-corrected chi connectivity index (χ0v) is 10.5. The maximum absolute atomic E-state index is 9.09. The van der Waals surface area contributed by atoms with Gasteiger partial charge in [0, 0.05) is 17.6 Å². The monoisotopic (exact) mass is 286 g/mol. The lowest BCUT2D eigenvalue weighted by atomic mass is 10.2. The zero-order valence-electron chi connectivity index (χ0n) is 8.90. The van der Waals surface area contributed by atoms with E-state index in [1.54, 1.807) is 0 Å². The highest BCUT2D eigenvalue weighted by Gasteiger charge is 2.21. The molecular weight excluding hydrogens is 272 g/mol. The molecular formula is C11H15BrN2O2. The first kappa shape index (κ1) is 11.7. The van der Waals surface area contributed by atoms with Gasteiger partial charge in [0.2, 0.25) is 0 Å². The average Bonchev–Trinajstić information content (AvgIpc) is 2.32. The fourth-order valence-corrected chi connectivity index (χ4v) is 2.19. The number of benzene rings is 1. The molecule has 0 radical (unpaired) electrons. The molecule has 5 heteroatoms. The van der Waals surface area contributed by atoms with E-state index in [4.69, 9.17) is 15.6 Å². The van der Waals surface area contributed by atoms with E-state index in [0.29, 0.717) is 13.2 Å². The summed E-state index contributed by atoms with van der Waals surface area (Å²) in [5.41, 5.74) is 7.69. The molecule has 1 fully saturated rings. The van der Waals surface area contributed by atoms with Crippen LogP contribution in [0.25, 0.3) is 0 Å². The molecule has 16 heavy (non-hydrogen) atoms. The molecule has 0 amide bonds. The summed E-state index contributed by atoms with van der Waals surface area (Å²) in [4.78, 5) is 2.14. The number of aliphatic hydroxyl groups excluding tert-OH is 1. The van der Waals surface area contributed by atoms with Crippen LogP contribution in [-0.4, -0.2) is 37.5 Å². The van der Waals surface area contributed by atoms with Crippen molar-refractivity contribution in [3.05, 3.63) is 22.7 Å². The minimum absolute atomic E-state index is 0.0460. The van der Waals surface area contributed by atoms with Crippen LogP contribution >= 0.6 is 15.9 Å². The van der Waals surface area contributed by atoms with Gasteiger partial charge in [-0.3, -0.25) is 0 Å². The van der Waals surface area contributed by atoms with E-state index in [2.05, 4.69) is 20.8 Å². The first-order valence-electron chi connectivity index (χ1n) is 5.23. The molecule has 0 bridgehead atoms. The molecule has 1 aromatic rings. The van der Waals surface area contributed by atoms with Crippen molar-refractivity contribution in [1.82, 2.24) is 0 Å². The maximum atomic E-state index is 9.09. The van der Waals surface area contributed by atoms with Crippen molar-refractivity contribution in [2.24, 2.45) is 0 Å². The summed E-state index contributed by atoms with van der Waals surface area (Å²) in [7, 11) is 0. The Morgan fingerprint density at radius 1 is 1.56 bits per heavy atom. The summed E-state index contributed by atoms with van der Waals surface area (Å²) in [6, 6.07) is 5.79. The van der Waals surface area contributed by atoms with Gasteiger partial charge in [-0.1, -0.05) is 15.9 Å². The topological polar surface area (TPSA) is 58.7 Å². The van der Waals surface area contributed by atoms with Crippen LogP contribution in [0.3, 0.4) is 0 Å². The number of halogens is 1. The SMILES string of the molecule is Nc1ccc(Br)cc1N1CCOC(CO)C1. The third-order valence-corrected chi connectivity index (χ3v) is 3.17. The molecule has 0 aromatic heterocycles. The van der Waals surface area contributed by atoms with Crippen molar-refractivity contribution in [2.45, 2.75) is 6.10 Å². The van der Waals surface area contributed by atoms with Crippen LogP contribution in [0.5, 0.6) is 0 Å². The van der Waals surface area contributed by atoms with Crippen LogP contribution in [0.2, 0.25) is 0 Å². The van der Waals surface area contributed by atoms with Gasteiger partial charge in [-0.25, -0.2) is 0 Å². The Labute approximate surface area is 103 Å². The van der Waals surface area contributed by atoms with E-state index in [9.17, 15) is 0 Å². The molecule has 3 N–H and O–H groups in total. The minimum atomic E-state index is -0.118. The van der Waals surface area contributed by atoms with Crippen LogP contribution in [0.4, 0.5) is 11.4 Å². The summed E-state index contributed by atoms with van der Waals surface area (Å²) >= 11 is 3.43. The maximum Gasteiger partial charge on any atom is 0.0980 e. The van der Waals surface area contributed by atoms with E-state index in [-0.39, 0.29) is 12.7 Å². The molecule has 2 rings (SSSR count). The van der Waals surface area contributed by atoms with Crippen molar-refractivity contribution in [3.63, 3.8) is 0 Å². The van der Waals surface area contributed by atoms with E-state index >= 15 is 0 Å². The van der Waals surface area contributed by atoms with Gasteiger partial charge < -0.3 is 20.5 Å². The Morgan fingerprint density at radius 2 is 2.38 bits per heavy atom. The normalized spacial score (nSPS) is 21.1. The Morgan fingerprint density at radius 3 is 3.12 bits per heavy atom. The summed E-state index contributed by atoms with van der Waals surface area (Å²) in [6.07, 6.45) is -0.118. The van der Waals surface area contributed by atoms with Gasteiger partial charge in [0.25, 0.3) is 0 Å². The number of morpholine rings is 1. The summed E-state index contributed by atoms with van der Waals surface area (Å²) in [5, 5.41) is 9.09. The third kappa shape index (κ3) is 2.48. The summed E-state index contributed by atoms with van der Waals surface area (Å²) in [6.45, 7) is 2.15. The first-order chi connectivity index (χ1) is 7.70. The number of nitrogens with zero attached hydrogens (tertiary/aromatic N) is 1. The summed E-state index contributed by atoms with van der Waals surface area (Å²) < 4.78 is 6.41. The fourth-order valence-electron chi connectivity index (χ4n) is 1.84. The number of anilines is 2. The van der Waals surface area contributed by atoms with Gasteiger partial charge in [-0.2, -0.15) is 0 Å². The average molecular weight is 287 g/mol. The molecule has 1 aliphatic rings. The number of nitrogen functional groups attached to an aromatic ring is 1. The smallest absolute Gasteiger partial charge is 0.0980 e. The molecule has 0 saturated carbocycles. The Hall–Kier alpha value is -0.780. The highest BCUT2D eigenvalue weighted by molar-refractivity contribution is 9.10. The van der Waals surface area contributed by atoms with Crippen LogP contribution < -0.4 is 10.6 Å². The molecule has 88 valence electrons. The highest BCUT2D eigenvalue weighted by Crippen LogP contribution is 2.28. The number of aliphatic hydroxyl groups is 1. The van der Waals surface area contributed by atoms with Gasteiger partial charge in [0.1, 0.15) is 0 Å². The molecule has 1 heterocycles. The van der Waals surface area contributed by atoms with Crippen LogP contribution in [-0.2, 0) is 4.74 Å². The molecule has 0 aliphatic carbocycles. The van der Waals surface area contributed by atoms with E-state index in [1.165, 1.54) is 0 Å². The molecule has 1 atom stereocenters. The molecule has 1 saturated heterocycles. The lowest BCUT2D eigenvalue weighted by Gasteiger charge is -2.34. The van der Waals surface area contributed by atoms with Crippen molar-refractivity contribution in [3.8, 4) is 0 Å². The quantitative estimate of drug-likeness (QED) is 0.803. The van der Waals surface area contributed by atoms with E-state index < -0.39 is 0 Å². The number of hydrogen-bond donors (Lipinski definition) is 2. The van der Waals surface area contributed by atoms with Gasteiger partial charge >= 0.3 is 0 Å². The van der Waals surface area contributed by atoms with Gasteiger partial charge in [0.15, 0.2) is 0 Å². The number of ether oxygens (including phenoxy) is 1. The zero-order chi connectivity index (χ0) is 11.5. The second kappa shape index (κ2) is 5.03.